The average molecular weight is 209 g/mol. The molecule has 0 aromatic rings. The molecule has 1 heteroatoms. The molecule has 0 bridgehead atoms. The van der Waals surface area contributed by atoms with Crippen LogP contribution < -0.4 is 5.32 Å². The van der Waals surface area contributed by atoms with E-state index in [1.165, 1.54) is 31.3 Å². The molecule has 3 atom stereocenters. The smallest absolute Gasteiger partial charge is 0.0135 e. The molecule has 0 heterocycles. The molecule has 0 saturated heterocycles. The van der Waals surface area contributed by atoms with Crippen LogP contribution in [0.4, 0.5) is 0 Å². The number of hydrogen-bond donors (Lipinski definition) is 1. The lowest BCUT2D eigenvalue weighted by Crippen LogP contribution is -2.37. The van der Waals surface area contributed by atoms with Crippen molar-refractivity contribution in [1.29, 1.82) is 0 Å². The zero-order valence-corrected chi connectivity index (χ0v) is 10.7. The molecular formula is C14H27N. The van der Waals surface area contributed by atoms with Crippen molar-refractivity contribution in [2.24, 2.45) is 11.8 Å². The van der Waals surface area contributed by atoms with E-state index in [4.69, 9.17) is 0 Å². The Labute approximate surface area is 95.3 Å². The molecule has 1 fully saturated rings. The molecule has 0 aromatic heterocycles. The Morgan fingerprint density at radius 3 is 2.60 bits per heavy atom. The van der Waals surface area contributed by atoms with E-state index in [1.807, 2.05) is 0 Å². The molecule has 1 rings (SSSR count). The third-order valence-corrected chi connectivity index (χ3v) is 3.92. The van der Waals surface area contributed by atoms with Crippen LogP contribution in [-0.4, -0.2) is 12.6 Å². The van der Waals surface area contributed by atoms with Gasteiger partial charge >= 0.3 is 0 Å². The molecule has 1 aliphatic carbocycles. The Kier molecular flexibility index (Phi) is 5.38. The fourth-order valence-electron chi connectivity index (χ4n) is 2.86. The van der Waals surface area contributed by atoms with Crippen LogP contribution in [0.3, 0.4) is 0 Å². The van der Waals surface area contributed by atoms with Crippen LogP contribution >= 0.6 is 0 Å². The molecule has 1 nitrogen and oxygen atoms in total. The van der Waals surface area contributed by atoms with Crippen LogP contribution in [-0.2, 0) is 0 Å². The first kappa shape index (κ1) is 12.8. The van der Waals surface area contributed by atoms with Crippen LogP contribution in [0.15, 0.2) is 12.2 Å². The van der Waals surface area contributed by atoms with Gasteiger partial charge in [-0.2, -0.15) is 0 Å². The van der Waals surface area contributed by atoms with Gasteiger partial charge in [0.05, 0.1) is 0 Å². The maximum Gasteiger partial charge on any atom is 0.0135 e. The first-order valence-electron chi connectivity index (χ1n) is 6.59. The fraction of sp³-hybridized carbons (Fsp3) is 0.857. The summed E-state index contributed by atoms with van der Waals surface area (Å²) in [7, 11) is 0. The molecule has 1 saturated carbocycles. The highest BCUT2D eigenvalue weighted by Gasteiger charge is 2.30. The van der Waals surface area contributed by atoms with Crippen LogP contribution in [0.25, 0.3) is 0 Å². The number of nitrogens with one attached hydrogen (secondary N) is 1. The van der Waals surface area contributed by atoms with Gasteiger partial charge in [-0.3, -0.25) is 0 Å². The zero-order chi connectivity index (χ0) is 11.3. The van der Waals surface area contributed by atoms with E-state index in [0.29, 0.717) is 6.04 Å². The fourth-order valence-corrected chi connectivity index (χ4v) is 2.86. The van der Waals surface area contributed by atoms with E-state index in [-0.39, 0.29) is 0 Å². The summed E-state index contributed by atoms with van der Waals surface area (Å²) in [6.45, 7) is 12.1. The van der Waals surface area contributed by atoms with Crippen molar-refractivity contribution in [3.8, 4) is 0 Å². The highest BCUT2D eigenvalue weighted by Crippen LogP contribution is 2.35. The van der Waals surface area contributed by atoms with Gasteiger partial charge in [-0.25, -0.2) is 0 Å². The summed E-state index contributed by atoms with van der Waals surface area (Å²) >= 11 is 0. The van der Waals surface area contributed by atoms with Crippen LogP contribution in [0.5, 0.6) is 0 Å². The monoisotopic (exact) mass is 209 g/mol. The lowest BCUT2D eigenvalue weighted by atomic mass is 9.86. The van der Waals surface area contributed by atoms with Crippen molar-refractivity contribution < 1.29 is 0 Å². The Balaban J connectivity index is 2.52. The van der Waals surface area contributed by atoms with Crippen LogP contribution in [0.1, 0.15) is 52.9 Å². The third-order valence-electron chi connectivity index (χ3n) is 3.92. The van der Waals surface area contributed by atoms with E-state index in [0.717, 1.165) is 24.8 Å². The maximum atomic E-state index is 4.15. The van der Waals surface area contributed by atoms with Crippen molar-refractivity contribution in [2.45, 2.75) is 58.9 Å². The molecule has 0 amide bonds. The predicted octanol–water partition coefficient (Wildman–Crippen LogP) is 3.76. The van der Waals surface area contributed by atoms with Crippen molar-refractivity contribution in [3.05, 3.63) is 12.2 Å². The van der Waals surface area contributed by atoms with Crippen molar-refractivity contribution in [1.82, 2.24) is 5.32 Å². The summed E-state index contributed by atoms with van der Waals surface area (Å²) in [6.07, 6.45) is 6.57. The predicted molar refractivity (Wildman–Crippen MR) is 68.0 cm³/mol. The van der Waals surface area contributed by atoms with E-state index < -0.39 is 0 Å². The van der Waals surface area contributed by atoms with Gasteiger partial charge in [-0.05, 0) is 37.6 Å². The molecule has 88 valence electrons. The van der Waals surface area contributed by atoms with E-state index in [1.54, 1.807) is 0 Å². The zero-order valence-electron chi connectivity index (χ0n) is 10.7. The van der Waals surface area contributed by atoms with Crippen molar-refractivity contribution in [2.75, 3.05) is 6.54 Å². The summed E-state index contributed by atoms with van der Waals surface area (Å²) in [5.74, 6) is 1.78. The first-order chi connectivity index (χ1) is 7.19. The second kappa shape index (κ2) is 6.32. The Morgan fingerprint density at radius 2 is 2.13 bits per heavy atom. The van der Waals surface area contributed by atoms with E-state index in [2.05, 4.69) is 32.7 Å². The number of hydrogen-bond acceptors (Lipinski definition) is 1. The molecule has 0 aromatic carbocycles. The van der Waals surface area contributed by atoms with Gasteiger partial charge in [-0.1, -0.05) is 45.8 Å². The van der Waals surface area contributed by atoms with Gasteiger partial charge in [0.1, 0.15) is 0 Å². The van der Waals surface area contributed by atoms with Crippen LogP contribution in [0.2, 0.25) is 0 Å². The molecule has 15 heavy (non-hydrogen) atoms. The summed E-state index contributed by atoms with van der Waals surface area (Å²) in [5.41, 5.74) is 1.40. The van der Waals surface area contributed by atoms with Gasteiger partial charge in [0.25, 0.3) is 0 Å². The highest BCUT2D eigenvalue weighted by atomic mass is 14.9. The second-order valence-corrected chi connectivity index (χ2v) is 5.04. The van der Waals surface area contributed by atoms with Crippen molar-refractivity contribution in [3.63, 3.8) is 0 Å². The lowest BCUT2D eigenvalue weighted by Gasteiger charge is -2.28. The minimum atomic E-state index is 0.681. The lowest BCUT2D eigenvalue weighted by molar-refractivity contribution is 0.297. The minimum Gasteiger partial charge on any atom is -0.314 e. The first-order valence-corrected chi connectivity index (χ1v) is 6.59. The normalized spacial score (nSPS) is 27.9. The van der Waals surface area contributed by atoms with Crippen molar-refractivity contribution >= 4 is 0 Å². The third kappa shape index (κ3) is 3.64. The molecule has 0 spiro atoms. The Morgan fingerprint density at radius 1 is 1.40 bits per heavy atom. The summed E-state index contributed by atoms with van der Waals surface area (Å²) in [5, 5.41) is 3.66. The van der Waals surface area contributed by atoms with E-state index >= 15 is 0 Å². The molecule has 0 aliphatic heterocycles. The Bertz CT molecular complexity index is 198. The maximum absolute atomic E-state index is 4.15. The summed E-state index contributed by atoms with van der Waals surface area (Å²) < 4.78 is 0. The Hall–Kier alpha value is -0.300. The van der Waals surface area contributed by atoms with Gasteiger partial charge in [0, 0.05) is 6.04 Å². The second-order valence-electron chi connectivity index (χ2n) is 5.04. The molecular weight excluding hydrogens is 182 g/mol. The van der Waals surface area contributed by atoms with Gasteiger partial charge in [0.15, 0.2) is 0 Å². The summed E-state index contributed by atoms with van der Waals surface area (Å²) in [4.78, 5) is 0. The van der Waals surface area contributed by atoms with E-state index in [9.17, 15) is 0 Å². The SMILES string of the molecule is C=C(CC)CC(NCC)C1CCCC1C. The standard InChI is InChI=1S/C14H27N/c1-5-11(3)10-14(15-6-2)13-9-7-8-12(13)4/h12-15H,3,5-10H2,1-2,4H3. The molecule has 1 N–H and O–H groups in total. The topological polar surface area (TPSA) is 12.0 Å². The quantitative estimate of drug-likeness (QED) is 0.657. The van der Waals surface area contributed by atoms with Crippen LogP contribution in [0, 0.1) is 11.8 Å². The highest BCUT2D eigenvalue weighted by molar-refractivity contribution is 4.99. The van der Waals surface area contributed by atoms with Gasteiger partial charge in [0.2, 0.25) is 0 Å². The van der Waals surface area contributed by atoms with Gasteiger partial charge in [-0.15, -0.1) is 0 Å². The minimum absolute atomic E-state index is 0.681. The molecule has 1 aliphatic rings. The molecule has 0 radical (unpaired) electrons. The average Bonchev–Trinajstić information content (AvgIpc) is 2.63. The molecule has 3 unspecified atom stereocenters. The van der Waals surface area contributed by atoms with Gasteiger partial charge < -0.3 is 5.32 Å². The number of rotatable bonds is 6. The largest absolute Gasteiger partial charge is 0.314 e. The summed E-state index contributed by atoms with van der Waals surface area (Å²) in [6, 6.07) is 0.681.